The molecule has 1 saturated heterocycles. The molecule has 0 atom stereocenters. The van der Waals surface area contributed by atoms with E-state index in [1.807, 2.05) is 36.4 Å². The largest absolute Gasteiger partial charge is 0.497 e. The summed E-state index contributed by atoms with van der Waals surface area (Å²) in [5, 5.41) is 4.03. The van der Waals surface area contributed by atoms with Gasteiger partial charge in [0, 0.05) is 30.6 Å². The Morgan fingerprint density at radius 1 is 1.22 bits per heavy atom. The molecular weight excluding hydrogens is 411 g/mol. The van der Waals surface area contributed by atoms with Crippen molar-refractivity contribution in [2.45, 2.75) is 25.9 Å². The molecule has 0 aliphatic carbocycles. The average molecular weight is 439 g/mol. The van der Waals surface area contributed by atoms with E-state index in [1.54, 1.807) is 25.1 Å². The molecule has 1 aromatic heterocycles. The highest BCUT2D eigenvalue weighted by Gasteiger charge is 2.28. The minimum atomic E-state index is -0.182. The maximum atomic E-state index is 13.9. The highest BCUT2D eigenvalue weighted by Crippen LogP contribution is 2.24. The number of aromatic nitrogens is 2. The summed E-state index contributed by atoms with van der Waals surface area (Å²) >= 11 is 0. The van der Waals surface area contributed by atoms with E-state index in [0.717, 1.165) is 31.5 Å². The van der Waals surface area contributed by atoms with Crippen molar-refractivity contribution < 1.29 is 18.4 Å². The van der Waals surface area contributed by atoms with Gasteiger partial charge < -0.3 is 14.2 Å². The first-order valence-corrected chi connectivity index (χ1v) is 10.7. The van der Waals surface area contributed by atoms with Crippen LogP contribution < -0.4 is 4.74 Å². The molecule has 1 aliphatic heterocycles. The molecular formula is C24H27FN4O3. The fourth-order valence-corrected chi connectivity index (χ4v) is 4.00. The summed E-state index contributed by atoms with van der Waals surface area (Å²) in [7, 11) is 3.36. The van der Waals surface area contributed by atoms with Crippen molar-refractivity contribution in [2.75, 3.05) is 27.2 Å². The Kier molecular flexibility index (Phi) is 6.80. The number of hydrogen-bond acceptors (Lipinski definition) is 6. The summed E-state index contributed by atoms with van der Waals surface area (Å²) in [5.74, 6) is 1.38. The number of ether oxygens (including phenoxy) is 1. The van der Waals surface area contributed by atoms with Gasteiger partial charge in [0.15, 0.2) is 0 Å². The number of rotatable bonds is 7. The van der Waals surface area contributed by atoms with Gasteiger partial charge in [-0.15, -0.1) is 0 Å². The quantitative estimate of drug-likeness (QED) is 0.560. The zero-order valence-electron chi connectivity index (χ0n) is 18.3. The van der Waals surface area contributed by atoms with Crippen LogP contribution in [0.3, 0.4) is 0 Å². The Bertz CT molecular complexity index is 1060. The lowest BCUT2D eigenvalue weighted by atomic mass is 9.95. The maximum Gasteiger partial charge on any atom is 0.246 e. The molecule has 2 heterocycles. The van der Waals surface area contributed by atoms with Crippen LogP contribution in [0.1, 0.15) is 24.3 Å². The van der Waals surface area contributed by atoms with E-state index < -0.39 is 0 Å². The zero-order chi connectivity index (χ0) is 22.5. The van der Waals surface area contributed by atoms with Crippen molar-refractivity contribution in [3.8, 4) is 17.1 Å². The lowest BCUT2D eigenvalue weighted by Gasteiger charge is -2.33. The number of carbonyl (C=O) groups excluding carboxylic acids is 1. The molecule has 32 heavy (non-hydrogen) atoms. The van der Waals surface area contributed by atoms with E-state index in [-0.39, 0.29) is 24.2 Å². The predicted octanol–water partition coefficient (Wildman–Crippen LogP) is 3.75. The summed E-state index contributed by atoms with van der Waals surface area (Å²) < 4.78 is 24.5. The van der Waals surface area contributed by atoms with E-state index in [4.69, 9.17) is 9.26 Å². The first-order valence-electron chi connectivity index (χ1n) is 10.7. The van der Waals surface area contributed by atoms with Crippen molar-refractivity contribution in [1.29, 1.82) is 0 Å². The van der Waals surface area contributed by atoms with E-state index in [1.165, 1.54) is 6.07 Å². The Hall–Kier alpha value is -3.26. The molecule has 1 fully saturated rings. The van der Waals surface area contributed by atoms with E-state index in [2.05, 4.69) is 15.0 Å². The molecule has 7 nitrogen and oxygen atoms in total. The number of likely N-dealkylation sites (tertiary alicyclic amines) is 1. The summed E-state index contributed by atoms with van der Waals surface area (Å²) in [6, 6.07) is 14.3. The molecule has 168 valence electrons. The average Bonchev–Trinajstić information content (AvgIpc) is 3.29. The molecule has 0 N–H and O–H groups in total. The number of amides is 1. The van der Waals surface area contributed by atoms with Crippen LogP contribution in [-0.2, 0) is 17.9 Å². The fourth-order valence-electron chi connectivity index (χ4n) is 4.00. The van der Waals surface area contributed by atoms with Crippen LogP contribution in [0, 0.1) is 11.7 Å². The highest BCUT2D eigenvalue weighted by molar-refractivity contribution is 5.78. The molecule has 2 aromatic carbocycles. The summed E-state index contributed by atoms with van der Waals surface area (Å²) in [4.78, 5) is 21.2. The maximum absolute atomic E-state index is 13.9. The lowest BCUT2D eigenvalue weighted by Crippen LogP contribution is -2.40. The third-order valence-corrected chi connectivity index (χ3v) is 5.83. The van der Waals surface area contributed by atoms with Crippen LogP contribution in [0.4, 0.5) is 4.39 Å². The van der Waals surface area contributed by atoms with E-state index in [0.29, 0.717) is 29.6 Å². The Morgan fingerprint density at radius 2 is 2.00 bits per heavy atom. The normalized spacial score (nSPS) is 15.0. The number of carbonyl (C=O) groups is 1. The number of nitrogens with zero attached hydrogens (tertiary/aromatic N) is 4. The molecule has 0 radical (unpaired) electrons. The fraction of sp³-hybridized carbons (Fsp3) is 0.375. The van der Waals surface area contributed by atoms with Crippen LogP contribution >= 0.6 is 0 Å². The Labute approximate surface area is 186 Å². The van der Waals surface area contributed by atoms with Gasteiger partial charge >= 0.3 is 0 Å². The van der Waals surface area contributed by atoms with Crippen molar-refractivity contribution in [1.82, 2.24) is 19.9 Å². The van der Waals surface area contributed by atoms with Gasteiger partial charge in [0.1, 0.15) is 11.6 Å². The minimum absolute atomic E-state index is 0.0577. The summed E-state index contributed by atoms with van der Waals surface area (Å²) in [5.41, 5.74) is 1.48. The molecule has 4 rings (SSSR count). The third kappa shape index (κ3) is 5.13. The van der Waals surface area contributed by atoms with Gasteiger partial charge in [0.05, 0.1) is 13.7 Å². The van der Waals surface area contributed by atoms with Gasteiger partial charge in [0.25, 0.3) is 0 Å². The van der Waals surface area contributed by atoms with Gasteiger partial charge in [0.2, 0.25) is 17.6 Å². The monoisotopic (exact) mass is 438 g/mol. The molecule has 0 spiro atoms. The van der Waals surface area contributed by atoms with Gasteiger partial charge in [-0.05, 0) is 44.1 Å². The predicted molar refractivity (Wildman–Crippen MR) is 117 cm³/mol. The van der Waals surface area contributed by atoms with Gasteiger partial charge in [-0.2, -0.15) is 4.98 Å². The van der Waals surface area contributed by atoms with Crippen LogP contribution in [0.15, 0.2) is 53.1 Å². The highest BCUT2D eigenvalue weighted by atomic mass is 19.1. The van der Waals surface area contributed by atoms with Crippen LogP contribution in [0.25, 0.3) is 11.4 Å². The molecule has 1 amide bonds. The number of hydrogen-bond donors (Lipinski definition) is 0. The van der Waals surface area contributed by atoms with Crippen LogP contribution in [0.5, 0.6) is 5.75 Å². The zero-order valence-corrected chi connectivity index (χ0v) is 18.3. The SMILES string of the molecule is COc1cccc(-c2noc(CN(C)C(=O)C3CCN(Cc4ccccc4F)CC3)n2)c1. The van der Waals surface area contributed by atoms with Crippen molar-refractivity contribution >= 4 is 5.91 Å². The summed E-state index contributed by atoms with van der Waals surface area (Å²) in [6.45, 7) is 2.35. The second kappa shape index (κ2) is 9.91. The smallest absolute Gasteiger partial charge is 0.246 e. The Morgan fingerprint density at radius 3 is 2.75 bits per heavy atom. The van der Waals surface area contributed by atoms with Crippen molar-refractivity contribution in [3.63, 3.8) is 0 Å². The summed E-state index contributed by atoms with van der Waals surface area (Å²) in [6.07, 6.45) is 1.49. The first kappa shape index (κ1) is 22.0. The number of halogens is 1. The topological polar surface area (TPSA) is 71.7 Å². The molecule has 8 heteroatoms. The first-order chi connectivity index (χ1) is 15.5. The second-order valence-electron chi connectivity index (χ2n) is 8.08. The standard InChI is InChI=1S/C24H27FN4O3/c1-28(16-22-26-23(27-32-22)18-7-5-8-20(14-18)31-2)24(30)17-10-12-29(13-11-17)15-19-6-3-4-9-21(19)25/h3-9,14,17H,10-13,15-16H2,1-2H3. The third-order valence-electron chi connectivity index (χ3n) is 5.83. The van der Waals surface area contributed by atoms with Crippen LogP contribution in [-0.4, -0.2) is 53.1 Å². The second-order valence-corrected chi connectivity index (χ2v) is 8.08. The van der Waals surface area contributed by atoms with E-state index in [9.17, 15) is 9.18 Å². The van der Waals surface area contributed by atoms with Gasteiger partial charge in [-0.3, -0.25) is 9.69 Å². The molecule has 0 saturated carbocycles. The van der Waals surface area contributed by atoms with Gasteiger partial charge in [-0.1, -0.05) is 35.5 Å². The molecule has 0 bridgehead atoms. The Balaban J connectivity index is 1.30. The number of benzene rings is 2. The van der Waals surface area contributed by atoms with E-state index >= 15 is 0 Å². The van der Waals surface area contributed by atoms with Crippen molar-refractivity contribution in [3.05, 3.63) is 65.8 Å². The molecule has 1 aliphatic rings. The lowest BCUT2D eigenvalue weighted by molar-refractivity contribution is -0.136. The van der Waals surface area contributed by atoms with Crippen molar-refractivity contribution in [2.24, 2.45) is 5.92 Å². The minimum Gasteiger partial charge on any atom is -0.497 e. The molecule has 0 unspecified atom stereocenters. The number of methoxy groups -OCH3 is 1. The number of piperidine rings is 1. The van der Waals surface area contributed by atoms with Gasteiger partial charge in [-0.25, -0.2) is 4.39 Å². The van der Waals surface area contributed by atoms with Crippen LogP contribution in [0.2, 0.25) is 0 Å². The molecule has 3 aromatic rings.